The first-order valence-electron chi connectivity index (χ1n) is 5.16. The lowest BCUT2D eigenvalue weighted by Crippen LogP contribution is -2.07. The molecule has 2 nitrogen and oxygen atoms in total. The molecule has 0 atom stereocenters. The van der Waals surface area contributed by atoms with Crippen LogP contribution in [0.2, 0.25) is 0 Å². The molecule has 1 aromatic rings. The van der Waals surface area contributed by atoms with Crippen LogP contribution < -0.4 is 0 Å². The number of benzene rings is 1. The largest absolute Gasteiger partial charge is 0.469 e. The Bertz CT molecular complexity index is 342. The van der Waals surface area contributed by atoms with Crippen LogP contribution >= 0.6 is 0 Å². The van der Waals surface area contributed by atoms with Gasteiger partial charge in [0, 0.05) is 0 Å². The minimum Gasteiger partial charge on any atom is -0.469 e. The van der Waals surface area contributed by atoms with Crippen molar-refractivity contribution in [2.75, 3.05) is 7.11 Å². The first kappa shape index (κ1) is 15.5. The second kappa shape index (κ2) is 6.93. The highest BCUT2D eigenvalue weighted by Crippen LogP contribution is 2.29. The average molecular weight is 248 g/mol. The van der Waals surface area contributed by atoms with Crippen LogP contribution in [0.15, 0.2) is 24.3 Å². The number of alkyl halides is 3. The molecule has 0 bridgehead atoms. The maximum atomic E-state index is 12.2. The van der Waals surface area contributed by atoms with Crippen molar-refractivity contribution in [2.45, 2.75) is 26.4 Å². The summed E-state index contributed by atoms with van der Waals surface area (Å²) in [7, 11) is 1.23. The summed E-state index contributed by atoms with van der Waals surface area (Å²) in [6.45, 7) is 4.00. The fraction of sp³-hybridized carbons (Fsp3) is 0.417. The third-order valence-corrected chi connectivity index (χ3v) is 1.86. The fourth-order valence-corrected chi connectivity index (χ4v) is 1.05. The van der Waals surface area contributed by atoms with Crippen LogP contribution in [0.3, 0.4) is 0 Å². The summed E-state index contributed by atoms with van der Waals surface area (Å²) in [6, 6.07) is 4.41. The van der Waals surface area contributed by atoms with E-state index in [0.29, 0.717) is 5.56 Å². The van der Waals surface area contributed by atoms with Crippen LogP contribution in [0, 0.1) is 0 Å². The number of hydrogen-bond acceptors (Lipinski definition) is 2. The molecule has 17 heavy (non-hydrogen) atoms. The Labute approximate surface area is 98.4 Å². The molecule has 0 aliphatic heterocycles. The molecule has 0 heterocycles. The number of carbonyl (C=O) groups excluding carboxylic acids is 1. The monoisotopic (exact) mass is 248 g/mol. The van der Waals surface area contributed by atoms with Crippen LogP contribution in [0.25, 0.3) is 0 Å². The van der Waals surface area contributed by atoms with Gasteiger partial charge in [-0.15, -0.1) is 0 Å². The van der Waals surface area contributed by atoms with Crippen molar-refractivity contribution in [1.82, 2.24) is 0 Å². The van der Waals surface area contributed by atoms with Gasteiger partial charge in [0.1, 0.15) is 0 Å². The van der Waals surface area contributed by atoms with E-state index in [2.05, 4.69) is 4.74 Å². The summed E-state index contributed by atoms with van der Waals surface area (Å²) < 4.78 is 40.9. The highest BCUT2D eigenvalue weighted by molar-refractivity contribution is 5.72. The highest BCUT2D eigenvalue weighted by atomic mass is 19.4. The van der Waals surface area contributed by atoms with Gasteiger partial charge in [-0.25, -0.2) is 0 Å². The minimum atomic E-state index is -4.34. The molecule has 5 heteroatoms. The number of rotatable bonds is 2. The molecule has 0 fully saturated rings. The average Bonchev–Trinajstić information content (AvgIpc) is 2.31. The molecule has 0 unspecified atom stereocenters. The quantitative estimate of drug-likeness (QED) is 0.749. The molecule has 1 rings (SSSR count). The van der Waals surface area contributed by atoms with Crippen molar-refractivity contribution < 1.29 is 22.7 Å². The zero-order chi connectivity index (χ0) is 13.5. The van der Waals surface area contributed by atoms with E-state index in [1.807, 2.05) is 13.8 Å². The van der Waals surface area contributed by atoms with E-state index in [9.17, 15) is 18.0 Å². The number of hydrogen-bond donors (Lipinski definition) is 0. The van der Waals surface area contributed by atoms with Gasteiger partial charge in [0.05, 0.1) is 19.1 Å². The van der Waals surface area contributed by atoms with E-state index in [1.54, 1.807) is 0 Å². The zero-order valence-electron chi connectivity index (χ0n) is 9.97. The third kappa shape index (κ3) is 5.38. The molecule has 96 valence electrons. The molecule has 0 aliphatic rings. The fourth-order valence-electron chi connectivity index (χ4n) is 1.05. The Kier molecular flexibility index (Phi) is 6.31. The number of carbonyl (C=O) groups is 1. The molecule has 0 aromatic heterocycles. The van der Waals surface area contributed by atoms with Gasteiger partial charge in [0.25, 0.3) is 0 Å². The predicted molar refractivity (Wildman–Crippen MR) is 58.5 cm³/mol. The van der Waals surface area contributed by atoms with Gasteiger partial charge in [0.2, 0.25) is 0 Å². The van der Waals surface area contributed by atoms with Gasteiger partial charge in [-0.1, -0.05) is 26.0 Å². The van der Waals surface area contributed by atoms with Crippen LogP contribution in [-0.4, -0.2) is 13.1 Å². The smallest absolute Gasteiger partial charge is 0.416 e. The molecule has 0 N–H and O–H groups in total. The van der Waals surface area contributed by atoms with Gasteiger partial charge in [-0.2, -0.15) is 13.2 Å². The van der Waals surface area contributed by atoms with Crippen molar-refractivity contribution in [3.05, 3.63) is 35.4 Å². The van der Waals surface area contributed by atoms with Crippen LogP contribution in [0.1, 0.15) is 25.0 Å². The van der Waals surface area contributed by atoms with Crippen molar-refractivity contribution in [2.24, 2.45) is 0 Å². The molecule has 0 spiro atoms. The Morgan fingerprint density at radius 3 is 2.00 bits per heavy atom. The lowest BCUT2D eigenvalue weighted by molar-refractivity contribution is -0.139. The van der Waals surface area contributed by atoms with Gasteiger partial charge >= 0.3 is 12.1 Å². The predicted octanol–water partition coefficient (Wildman–Crippen LogP) is 3.45. The van der Waals surface area contributed by atoms with Crippen molar-refractivity contribution in [1.29, 1.82) is 0 Å². The van der Waals surface area contributed by atoms with E-state index < -0.39 is 17.7 Å². The highest BCUT2D eigenvalue weighted by Gasteiger charge is 2.29. The van der Waals surface area contributed by atoms with E-state index in [4.69, 9.17) is 0 Å². The maximum Gasteiger partial charge on any atom is 0.416 e. The van der Waals surface area contributed by atoms with E-state index >= 15 is 0 Å². The summed E-state index contributed by atoms with van der Waals surface area (Å²) >= 11 is 0. The number of methoxy groups -OCH3 is 1. The second-order valence-electron chi connectivity index (χ2n) is 2.95. The number of esters is 1. The Morgan fingerprint density at radius 2 is 1.65 bits per heavy atom. The van der Waals surface area contributed by atoms with Gasteiger partial charge in [0.15, 0.2) is 0 Å². The summed E-state index contributed by atoms with van der Waals surface area (Å²) in [5, 5.41) is 0. The standard InChI is InChI=1S/C10H9F3O2.C2H6/c1-15-9(14)6-7-2-4-8(5-3-7)10(11,12)13;1-2/h2-5H,6H2,1H3;1-2H3. The van der Waals surface area contributed by atoms with E-state index in [1.165, 1.54) is 19.2 Å². The zero-order valence-corrected chi connectivity index (χ0v) is 9.97. The van der Waals surface area contributed by atoms with Crippen molar-refractivity contribution in [3.63, 3.8) is 0 Å². The molecular weight excluding hydrogens is 233 g/mol. The second-order valence-corrected chi connectivity index (χ2v) is 2.95. The maximum absolute atomic E-state index is 12.2. The molecule has 0 amide bonds. The van der Waals surface area contributed by atoms with Gasteiger partial charge < -0.3 is 4.74 Å². The molecule has 0 saturated heterocycles. The Hall–Kier alpha value is -1.52. The molecule has 0 radical (unpaired) electrons. The molecule has 0 saturated carbocycles. The molecule has 0 aliphatic carbocycles. The lowest BCUT2D eigenvalue weighted by atomic mass is 10.1. The number of ether oxygens (including phenoxy) is 1. The SMILES string of the molecule is CC.COC(=O)Cc1ccc(C(F)(F)F)cc1. The molecule has 1 aromatic carbocycles. The van der Waals surface area contributed by atoms with Crippen LogP contribution in [0.5, 0.6) is 0 Å². The van der Waals surface area contributed by atoms with Crippen molar-refractivity contribution >= 4 is 5.97 Å². The topological polar surface area (TPSA) is 26.3 Å². The van der Waals surface area contributed by atoms with E-state index in [0.717, 1.165) is 12.1 Å². The Morgan fingerprint density at radius 1 is 1.18 bits per heavy atom. The molecular formula is C12H15F3O2. The van der Waals surface area contributed by atoms with Crippen LogP contribution in [-0.2, 0) is 22.1 Å². The normalized spacial score (nSPS) is 10.2. The van der Waals surface area contributed by atoms with E-state index in [-0.39, 0.29) is 6.42 Å². The summed E-state index contributed by atoms with van der Waals surface area (Å²) in [4.78, 5) is 10.8. The van der Waals surface area contributed by atoms with Gasteiger partial charge in [-0.3, -0.25) is 4.79 Å². The first-order chi connectivity index (χ1) is 7.93. The lowest BCUT2D eigenvalue weighted by Gasteiger charge is -2.06. The summed E-state index contributed by atoms with van der Waals surface area (Å²) in [5.41, 5.74) is -0.231. The number of halogens is 3. The van der Waals surface area contributed by atoms with Crippen LogP contribution in [0.4, 0.5) is 13.2 Å². The third-order valence-electron chi connectivity index (χ3n) is 1.86. The minimum absolute atomic E-state index is 0.0192. The first-order valence-corrected chi connectivity index (χ1v) is 5.16. The van der Waals surface area contributed by atoms with Crippen molar-refractivity contribution in [3.8, 4) is 0 Å². The Balaban J connectivity index is 0.00000121. The summed E-state index contributed by atoms with van der Waals surface area (Å²) in [5.74, 6) is -0.477. The summed E-state index contributed by atoms with van der Waals surface area (Å²) in [6.07, 6.45) is -4.36. The van der Waals surface area contributed by atoms with Gasteiger partial charge in [-0.05, 0) is 17.7 Å².